The lowest BCUT2D eigenvalue weighted by Crippen LogP contribution is -2.47. The Hall–Kier alpha value is -1.55. The Bertz CT molecular complexity index is 459. The molecule has 0 aromatic heterocycles. The van der Waals surface area contributed by atoms with E-state index in [1.165, 1.54) is 11.1 Å². The van der Waals surface area contributed by atoms with Crippen molar-refractivity contribution in [1.82, 2.24) is 10.6 Å². The number of benzene rings is 1. The third-order valence-electron chi connectivity index (χ3n) is 3.59. The van der Waals surface area contributed by atoms with Gasteiger partial charge in [0.1, 0.15) is 5.75 Å². The fourth-order valence-corrected chi connectivity index (χ4v) is 2.56. The molecule has 4 heteroatoms. The lowest BCUT2D eigenvalue weighted by Gasteiger charge is -2.22. The molecule has 0 spiro atoms. The summed E-state index contributed by atoms with van der Waals surface area (Å²) < 4.78 is 5.48. The summed E-state index contributed by atoms with van der Waals surface area (Å²) in [6.07, 6.45) is 2.98. The van der Waals surface area contributed by atoms with Crippen LogP contribution in [0.5, 0.6) is 5.75 Å². The predicted molar refractivity (Wildman–Crippen MR) is 68.5 cm³/mol. The van der Waals surface area contributed by atoms with Crippen molar-refractivity contribution < 1.29 is 9.53 Å². The van der Waals surface area contributed by atoms with Crippen LogP contribution in [0.15, 0.2) is 18.2 Å². The maximum atomic E-state index is 11.6. The van der Waals surface area contributed by atoms with Gasteiger partial charge in [-0.15, -0.1) is 0 Å². The third kappa shape index (κ3) is 2.34. The van der Waals surface area contributed by atoms with Crippen LogP contribution in [0.2, 0.25) is 0 Å². The number of hydrogen-bond acceptors (Lipinski definition) is 3. The van der Waals surface area contributed by atoms with Crippen molar-refractivity contribution in [2.45, 2.75) is 31.8 Å². The predicted octanol–water partition coefficient (Wildman–Crippen LogP) is 0.990. The summed E-state index contributed by atoms with van der Waals surface area (Å²) in [6, 6.07) is 6.23. The van der Waals surface area contributed by atoms with Gasteiger partial charge in [0.15, 0.2) is 0 Å². The smallest absolute Gasteiger partial charge is 0.237 e. The van der Waals surface area contributed by atoms with Gasteiger partial charge >= 0.3 is 0 Å². The number of fused-ring (bicyclic) bond motifs is 1. The van der Waals surface area contributed by atoms with Gasteiger partial charge in [0, 0.05) is 19.5 Å². The van der Waals surface area contributed by atoms with E-state index in [-0.39, 0.29) is 11.9 Å². The monoisotopic (exact) mass is 246 g/mol. The number of piperidine rings is 1. The van der Waals surface area contributed by atoms with Gasteiger partial charge in [0.25, 0.3) is 0 Å². The van der Waals surface area contributed by atoms with Crippen LogP contribution in [0.4, 0.5) is 0 Å². The van der Waals surface area contributed by atoms with Gasteiger partial charge in [-0.2, -0.15) is 0 Å². The van der Waals surface area contributed by atoms with Gasteiger partial charge in [0.2, 0.25) is 5.91 Å². The molecule has 18 heavy (non-hydrogen) atoms. The highest BCUT2D eigenvalue weighted by Gasteiger charge is 2.21. The summed E-state index contributed by atoms with van der Waals surface area (Å²) in [4.78, 5) is 11.6. The molecule has 2 aliphatic heterocycles. The van der Waals surface area contributed by atoms with Gasteiger partial charge in [-0.25, -0.2) is 0 Å². The molecule has 2 aliphatic rings. The van der Waals surface area contributed by atoms with Gasteiger partial charge < -0.3 is 15.4 Å². The molecule has 1 unspecified atom stereocenters. The first-order valence-corrected chi connectivity index (χ1v) is 6.58. The summed E-state index contributed by atoms with van der Waals surface area (Å²) in [5, 5.41) is 6.21. The van der Waals surface area contributed by atoms with Gasteiger partial charge in [0.05, 0.1) is 12.6 Å². The number of nitrogens with one attached hydrogen (secondary N) is 2. The first kappa shape index (κ1) is 11.5. The standard InChI is InChI=1S/C14H18N2O2/c17-14-12(2-1-6-15-14)16-9-10-3-4-13-11(8-10)5-7-18-13/h3-4,8,12,16H,1-2,5-7,9H2,(H,15,17). The van der Waals surface area contributed by atoms with E-state index >= 15 is 0 Å². The molecule has 4 nitrogen and oxygen atoms in total. The molecule has 96 valence electrons. The first-order chi connectivity index (χ1) is 8.83. The highest BCUT2D eigenvalue weighted by atomic mass is 16.5. The van der Waals surface area contributed by atoms with Crippen molar-refractivity contribution in [1.29, 1.82) is 0 Å². The number of carbonyl (C=O) groups is 1. The van der Waals surface area contributed by atoms with E-state index in [2.05, 4.69) is 22.8 Å². The lowest BCUT2D eigenvalue weighted by atomic mass is 10.1. The maximum Gasteiger partial charge on any atom is 0.237 e. The minimum atomic E-state index is -0.0387. The fourth-order valence-electron chi connectivity index (χ4n) is 2.56. The first-order valence-electron chi connectivity index (χ1n) is 6.58. The van der Waals surface area contributed by atoms with Crippen molar-refractivity contribution in [3.05, 3.63) is 29.3 Å². The minimum absolute atomic E-state index is 0.0387. The fraction of sp³-hybridized carbons (Fsp3) is 0.500. The molecule has 2 N–H and O–H groups in total. The quantitative estimate of drug-likeness (QED) is 0.836. The Labute approximate surface area is 107 Å². The van der Waals surface area contributed by atoms with E-state index in [1.54, 1.807) is 0 Å². The second-order valence-corrected chi connectivity index (χ2v) is 4.91. The van der Waals surface area contributed by atoms with E-state index in [0.29, 0.717) is 0 Å². The van der Waals surface area contributed by atoms with Crippen molar-refractivity contribution in [3.8, 4) is 5.75 Å². The molecule has 0 bridgehead atoms. The molecule has 1 fully saturated rings. The van der Waals surface area contributed by atoms with Crippen LogP contribution in [0.25, 0.3) is 0 Å². The third-order valence-corrected chi connectivity index (χ3v) is 3.59. The molecule has 0 radical (unpaired) electrons. The lowest BCUT2D eigenvalue weighted by molar-refractivity contribution is -0.124. The van der Waals surface area contributed by atoms with Gasteiger partial charge in [-0.1, -0.05) is 12.1 Å². The molecule has 3 rings (SSSR count). The zero-order chi connectivity index (χ0) is 12.4. The SMILES string of the molecule is O=C1NCCCC1NCc1ccc2c(c1)CCO2. The molecule has 1 aromatic carbocycles. The highest BCUT2D eigenvalue weighted by Crippen LogP contribution is 2.25. The zero-order valence-corrected chi connectivity index (χ0v) is 10.4. The summed E-state index contributed by atoms with van der Waals surface area (Å²) in [5.41, 5.74) is 2.50. The number of rotatable bonds is 3. The maximum absolute atomic E-state index is 11.6. The molecule has 2 heterocycles. The van der Waals surface area contributed by atoms with Crippen LogP contribution in [0, 0.1) is 0 Å². The van der Waals surface area contributed by atoms with E-state index in [9.17, 15) is 4.79 Å². The molecule has 1 aromatic rings. The number of ether oxygens (including phenoxy) is 1. The van der Waals surface area contributed by atoms with Gasteiger partial charge in [-0.3, -0.25) is 4.79 Å². The van der Waals surface area contributed by atoms with Crippen LogP contribution in [0.1, 0.15) is 24.0 Å². The van der Waals surface area contributed by atoms with Crippen molar-refractivity contribution in [2.24, 2.45) is 0 Å². The second kappa shape index (κ2) is 4.98. The Balaban J connectivity index is 1.61. The van der Waals surface area contributed by atoms with E-state index in [1.807, 2.05) is 6.07 Å². The largest absolute Gasteiger partial charge is 0.493 e. The Morgan fingerprint density at radius 1 is 1.44 bits per heavy atom. The van der Waals surface area contributed by atoms with E-state index < -0.39 is 0 Å². The van der Waals surface area contributed by atoms with Crippen LogP contribution < -0.4 is 15.4 Å². The second-order valence-electron chi connectivity index (χ2n) is 4.91. The van der Waals surface area contributed by atoms with Crippen molar-refractivity contribution >= 4 is 5.91 Å². The summed E-state index contributed by atoms with van der Waals surface area (Å²) in [7, 11) is 0. The van der Waals surface area contributed by atoms with Crippen LogP contribution in [-0.2, 0) is 17.8 Å². The summed E-state index contributed by atoms with van der Waals surface area (Å²) in [5.74, 6) is 1.14. The molecular formula is C14H18N2O2. The van der Waals surface area contributed by atoms with Crippen LogP contribution in [0.3, 0.4) is 0 Å². The number of amides is 1. The average molecular weight is 246 g/mol. The number of carbonyl (C=O) groups excluding carboxylic acids is 1. The molecule has 1 saturated heterocycles. The molecule has 1 atom stereocenters. The summed E-state index contributed by atoms with van der Waals surface area (Å²) in [6.45, 7) is 2.34. The molecular weight excluding hydrogens is 228 g/mol. The Morgan fingerprint density at radius 3 is 3.28 bits per heavy atom. The van der Waals surface area contributed by atoms with Gasteiger partial charge in [-0.05, 0) is 30.0 Å². The Morgan fingerprint density at radius 2 is 2.39 bits per heavy atom. The van der Waals surface area contributed by atoms with E-state index in [4.69, 9.17) is 4.74 Å². The Kier molecular flexibility index (Phi) is 3.19. The number of hydrogen-bond donors (Lipinski definition) is 2. The molecule has 0 aliphatic carbocycles. The van der Waals surface area contributed by atoms with E-state index in [0.717, 1.165) is 44.7 Å². The molecule has 0 saturated carbocycles. The normalized spacial score (nSPS) is 22.2. The minimum Gasteiger partial charge on any atom is -0.493 e. The van der Waals surface area contributed by atoms with Crippen molar-refractivity contribution in [2.75, 3.05) is 13.2 Å². The summed E-state index contributed by atoms with van der Waals surface area (Å²) >= 11 is 0. The molecule has 1 amide bonds. The highest BCUT2D eigenvalue weighted by molar-refractivity contribution is 5.82. The topological polar surface area (TPSA) is 50.4 Å². The zero-order valence-electron chi connectivity index (χ0n) is 10.4. The van der Waals surface area contributed by atoms with Crippen LogP contribution >= 0.6 is 0 Å². The van der Waals surface area contributed by atoms with Crippen LogP contribution in [-0.4, -0.2) is 25.1 Å². The van der Waals surface area contributed by atoms with Crippen molar-refractivity contribution in [3.63, 3.8) is 0 Å². The average Bonchev–Trinajstić information content (AvgIpc) is 2.85.